The van der Waals surface area contributed by atoms with Crippen molar-refractivity contribution < 1.29 is 14.3 Å². The van der Waals surface area contributed by atoms with Crippen molar-refractivity contribution in [1.82, 2.24) is 19.7 Å². The number of rotatable bonds is 6. The van der Waals surface area contributed by atoms with Crippen LogP contribution in [0.15, 0.2) is 30.6 Å². The molecule has 1 amide bonds. The number of carbonyl (C=O) groups excluding carboxylic acids is 1. The van der Waals surface area contributed by atoms with Gasteiger partial charge in [0.1, 0.15) is 12.2 Å². The number of amides is 1. The van der Waals surface area contributed by atoms with Crippen LogP contribution in [0.3, 0.4) is 0 Å². The molecule has 25 heavy (non-hydrogen) atoms. The van der Waals surface area contributed by atoms with Gasteiger partial charge >= 0.3 is 0 Å². The predicted octanol–water partition coefficient (Wildman–Crippen LogP) is 2.00. The summed E-state index contributed by atoms with van der Waals surface area (Å²) in [6.45, 7) is 1.83. The number of aryl methyl sites for hydroxylation is 1. The lowest BCUT2D eigenvalue weighted by Gasteiger charge is -2.32. The highest BCUT2D eigenvalue weighted by Gasteiger charge is 2.27. The van der Waals surface area contributed by atoms with Gasteiger partial charge in [-0.25, -0.2) is 0 Å². The maximum absolute atomic E-state index is 12.5. The molecule has 1 aromatic carbocycles. The van der Waals surface area contributed by atoms with E-state index < -0.39 is 0 Å². The Morgan fingerprint density at radius 3 is 2.84 bits per heavy atom. The fraction of sp³-hybridized carbons (Fsp3) is 0.500. The topological polar surface area (TPSA) is 69.5 Å². The molecule has 0 spiro atoms. The Balaban J connectivity index is 1.52. The Morgan fingerprint density at radius 1 is 1.32 bits per heavy atom. The molecular formula is C18H24N4O3. The molecule has 1 aliphatic rings. The zero-order valence-electron chi connectivity index (χ0n) is 14.7. The molecular weight excluding hydrogens is 320 g/mol. The van der Waals surface area contributed by atoms with Crippen LogP contribution in [0.1, 0.15) is 31.0 Å². The van der Waals surface area contributed by atoms with Crippen LogP contribution in [0.5, 0.6) is 11.5 Å². The number of benzene rings is 1. The largest absolute Gasteiger partial charge is 0.493 e. The zero-order valence-corrected chi connectivity index (χ0v) is 14.7. The zero-order chi connectivity index (χ0) is 17.6. The van der Waals surface area contributed by atoms with Crippen LogP contribution < -0.4 is 9.47 Å². The average molecular weight is 344 g/mol. The first-order valence-electron chi connectivity index (χ1n) is 8.56. The van der Waals surface area contributed by atoms with E-state index in [1.54, 1.807) is 13.4 Å². The third-order valence-electron chi connectivity index (χ3n) is 4.53. The highest BCUT2D eigenvalue weighted by molar-refractivity contribution is 5.76. The standard InChI is InChI=1S/C18H24N4O3/c1-21-13-19-20-18(21)14-6-5-10-22(12-14)17(23)9-11-25-16-8-4-3-7-15(16)24-2/h3-4,7-8,13-14H,5-6,9-12H2,1-2H3. The SMILES string of the molecule is COc1ccccc1OCCC(=O)N1CCCC(c2nncn2C)C1. The number of methoxy groups -OCH3 is 1. The van der Waals surface area contributed by atoms with E-state index in [2.05, 4.69) is 10.2 Å². The summed E-state index contributed by atoms with van der Waals surface area (Å²) >= 11 is 0. The van der Waals surface area contributed by atoms with Gasteiger partial charge in [-0.2, -0.15) is 0 Å². The van der Waals surface area contributed by atoms with Crippen molar-refractivity contribution in [3.05, 3.63) is 36.4 Å². The number of hydrogen-bond acceptors (Lipinski definition) is 5. The first-order valence-corrected chi connectivity index (χ1v) is 8.56. The molecule has 1 unspecified atom stereocenters. The number of likely N-dealkylation sites (tertiary alicyclic amines) is 1. The van der Waals surface area contributed by atoms with Crippen LogP contribution in [-0.4, -0.2) is 52.4 Å². The van der Waals surface area contributed by atoms with Gasteiger partial charge in [0.15, 0.2) is 11.5 Å². The maximum atomic E-state index is 12.5. The van der Waals surface area contributed by atoms with E-state index in [4.69, 9.17) is 9.47 Å². The third kappa shape index (κ3) is 4.10. The molecule has 2 aromatic rings. The van der Waals surface area contributed by atoms with Crippen LogP contribution in [0.25, 0.3) is 0 Å². The van der Waals surface area contributed by atoms with Gasteiger partial charge in [-0.15, -0.1) is 10.2 Å². The minimum absolute atomic E-state index is 0.113. The first kappa shape index (κ1) is 17.3. The number of nitrogens with zero attached hydrogens (tertiary/aromatic N) is 4. The summed E-state index contributed by atoms with van der Waals surface area (Å²) in [4.78, 5) is 14.4. The maximum Gasteiger partial charge on any atom is 0.226 e. The quantitative estimate of drug-likeness (QED) is 0.802. The number of para-hydroxylation sites is 2. The molecule has 0 bridgehead atoms. The van der Waals surface area contributed by atoms with Crippen molar-refractivity contribution in [2.45, 2.75) is 25.2 Å². The summed E-state index contributed by atoms with van der Waals surface area (Å²) in [5.74, 6) is 2.65. The Bertz CT molecular complexity index is 716. The van der Waals surface area contributed by atoms with Gasteiger partial charge in [-0.1, -0.05) is 12.1 Å². The monoisotopic (exact) mass is 344 g/mol. The van der Waals surface area contributed by atoms with Gasteiger partial charge in [0.05, 0.1) is 20.1 Å². The van der Waals surface area contributed by atoms with Crippen LogP contribution in [-0.2, 0) is 11.8 Å². The van der Waals surface area contributed by atoms with E-state index >= 15 is 0 Å². The molecule has 7 heteroatoms. The van der Waals surface area contributed by atoms with E-state index in [9.17, 15) is 4.79 Å². The molecule has 0 radical (unpaired) electrons. The molecule has 1 fully saturated rings. The number of hydrogen-bond donors (Lipinski definition) is 0. The van der Waals surface area contributed by atoms with Gasteiger partial charge in [0, 0.05) is 26.1 Å². The predicted molar refractivity (Wildman–Crippen MR) is 92.7 cm³/mol. The minimum Gasteiger partial charge on any atom is -0.493 e. The van der Waals surface area contributed by atoms with Gasteiger partial charge in [-0.05, 0) is 25.0 Å². The van der Waals surface area contributed by atoms with Gasteiger partial charge in [0.2, 0.25) is 5.91 Å². The Kier molecular flexibility index (Phi) is 5.53. The number of piperidine rings is 1. The molecule has 3 rings (SSSR count). The molecule has 134 valence electrons. The Labute approximate surface area is 147 Å². The van der Waals surface area contributed by atoms with Gasteiger partial charge in [-0.3, -0.25) is 4.79 Å². The van der Waals surface area contributed by atoms with Crippen LogP contribution in [0.4, 0.5) is 0 Å². The van der Waals surface area contributed by atoms with Gasteiger partial charge in [0.25, 0.3) is 0 Å². The molecule has 0 saturated carbocycles. The lowest BCUT2D eigenvalue weighted by Crippen LogP contribution is -2.40. The van der Waals surface area contributed by atoms with Crippen molar-refractivity contribution >= 4 is 5.91 Å². The summed E-state index contributed by atoms with van der Waals surface area (Å²) in [5.41, 5.74) is 0. The summed E-state index contributed by atoms with van der Waals surface area (Å²) in [5, 5.41) is 8.13. The Morgan fingerprint density at radius 2 is 2.12 bits per heavy atom. The van der Waals surface area contributed by atoms with Crippen molar-refractivity contribution in [2.24, 2.45) is 7.05 Å². The van der Waals surface area contributed by atoms with Crippen molar-refractivity contribution in [3.8, 4) is 11.5 Å². The summed E-state index contributed by atoms with van der Waals surface area (Å²) < 4.78 is 12.9. The van der Waals surface area contributed by atoms with E-state index in [1.807, 2.05) is 40.8 Å². The Hall–Kier alpha value is -2.57. The molecule has 0 aliphatic carbocycles. The lowest BCUT2D eigenvalue weighted by molar-refractivity contribution is -0.133. The molecule has 2 heterocycles. The number of aromatic nitrogens is 3. The van der Waals surface area contributed by atoms with Crippen LogP contribution in [0.2, 0.25) is 0 Å². The molecule has 1 saturated heterocycles. The van der Waals surface area contributed by atoms with E-state index in [0.717, 1.165) is 25.2 Å². The molecule has 1 atom stereocenters. The van der Waals surface area contributed by atoms with E-state index in [-0.39, 0.29) is 11.8 Å². The molecule has 0 N–H and O–H groups in total. The molecule has 1 aliphatic heterocycles. The lowest BCUT2D eigenvalue weighted by atomic mass is 9.97. The van der Waals surface area contributed by atoms with Crippen molar-refractivity contribution in [1.29, 1.82) is 0 Å². The average Bonchev–Trinajstić information content (AvgIpc) is 3.08. The molecule has 7 nitrogen and oxygen atoms in total. The van der Waals surface area contributed by atoms with Crippen LogP contribution in [0, 0.1) is 0 Å². The second-order valence-corrected chi connectivity index (χ2v) is 6.23. The smallest absolute Gasteiger partial charge is 0.226 e. The second-order valence-electron chi connectivity index (χ2n) is 6.23. The normalized spacial score (nSPS) is 17.4. The minimum atomic E-state index is 0.113. The summed E-state index contributed by atoms with van der Waals surface area (Å²) in [6, 6.07) is 7.45. The second kappa shape index (κ2) is 8.00. The fourth-order valence-electron chi connectivity index (χ4n) is 3.22. The summed E-state index contributed by atoms with van der Waals surface area (Å²) in [6.07, 6.45) is 4.07. The van der Waals surface area contributed by atoms with Crippen molar-refractivity contribution in [3.63, 3.8) is 0 Å². The van der Waals surface area contributed by atoms with Crippen LogP contribution >= 0.6 is 0 Å². The number of ether oxygens (including phenoxy) is 2. The first-order chi connectivity index (χ1) is 12.2. The fourth-order valence-corrected chi connectivity index (χ4v) is 3.22. The highest BCUT2D eigenvalue weighted by Crippen LogP contribution is 2.27. The number of carbonyl (C=O) groups is 1. The summed E-state index contributed by atoms with van der Waals surface area (Å²) in [7, 11) is 3.55. The highest BCUT2D eigenvalue weighted by atomic mass is 16.5. The van der Waals surface area contributed by atoms with E-state index in [1.165, 1.54) is 0 Å². The van der Waals surface area contributed by atoms with Crippen molar-refractivity contribution in [2.75, 3.05) is 26.8 Å². The molecule has 1 aromatic heterocycles. The van der Waals surface area contributed by atoms with Gasteiger partial charge < -0.3 is 18.9 Å². The van der Waals surface area contributed by atoms with E-state index in [0.29, 0.717) is 31.1 Å². The third-order valence-corrected chi connectivity index (χ3v) is 4.53.